The number of nitrogens with zero attached hydrogens (tertiary/aromatic N) is 2. The van der Waals surface area contributed by atoms with Gasteiger partial charge >= 0.3 is 0 Å². The minimum Gasteiger partial charge on any atom is -0.494 e. The number of benzene rings is 1. The monoisotopic (exact) mass is 273 g/mol. The Morgan fingerprint density at radius 3 is 2.80 bits per heavy atom. The molecule has 4 nitrogen and oxygen atoms in total. The summed E-state index contributed by atoms with van der Waals surface area (Å²) in [6, 6.07) is 10.1. The smallest absolute Gasteiger partial charge is 0.119 e. The van der Waals surface area contributed by atoms with Crippen LogP contribution < -0.4 is 10.5 Å². The molecule has 1 aromatic carbocycles. The lowest BCUT2D eigenvalue weighted by molar-refractivity contribution is 0.339. The van der Waals surface area contributed by atoms with E-state index in [9.17, 15) is 0 Å². The Hall–Kier alpha value is -1.81. The fourth-order valence-electron chi connectivity index (χ4n) is 2.38. The lowest BCUT2D eigenvalue weighted by Gasteiger charge is -2.14. The van der Waals surface area contributed by atoms with Crippen LogP contribution >= 0.6 is 0 Å². The van der Waals surface area contributed by atoms with Gasteiger partial charge in [-0.05, 0) is 44.5 Å². The van der Waals surface area contributed by atoms with Crippen LogP contribution in [0.3, 0.4) is 0 Å². The molecule has 0 aliphatic heterocycles. The number of rotatable bonds is 6. The van der Waals surface area contributed by atoms with E-state index in [-0.39, 0.29) is 6.04 Å². The van der Waals surface area contributed by atoms with Gasteiger partial charge in [-0.25, -0.2) is 0 Å². The van der Waals surface area contributed by atoms with Gasteiger partial charge in [0.2, 0.25) is 0 Å². The first kappa shape index (κ1) is 14.6. The van der Waals surface area contributed by atoms with Gasteiger partial charge in [-0.2, -0.15) is 5.10 Å². The third-order valence-corrected chi connectivity index (χ3v) is 3.31. The van der Waals surface area contributed by atoms with E-state index in [1.165, 1.54) is 5.69 Å². The Labute approximate surface area is 120 Å². The average molecular weight is 273 g/mol. The van der Waals surface area contributed by atoms with Crippen molar-refractivity contribution in [3.05, 3.63) is 47.3 Å². The van der Waals surface area contributed by atoms with Crippen molar-refractivity contribution < 1.29 is 4.74 Å². The molecule has 1 atom stereocenters. The standard InChI is InChI=1S/C16H23N3O/c1-4-19-14(9-12(3)18-19)11-16(17)13-7-6-8-15(10-13)20-5-2/h6-10,16H,4-5,11,17H2,1-3H3. The molecule has 20 heavy (non-hydrogen) atoms. The Kier molecular flexibility index (Phi) is 4.79. The van der Waals surface area contributed by atoms with Crippen molar-refractivity contribution in [2.24, 2.45) is 5.73 Å². The molecule has 0 fully saturated rings. The van der Waals surface area contributed by atoms with Crippen molar-refractivity contribution in [3.63, 3.8) is 0 Å². The Balaban J connectivity index is 2.14. The van der Waals surface area contributed by atoms with E-state index in [1.54, 1.807) is 0 Å². The van der Waals surface area contributed by atoms with Crippen molar-refractivity contribution in [2.75, 3.05) is 6.61 Å². The second-order valence-corrected chi connectivity index (χ2v) is 4.91. The van der Waals surface area contributed by atoms with E-state index in [4.69, 9.17) is 10.5 Å². The van der Waals surface area contributed by atoms with E-state index < -0.39 is 0 Å². The zero-order chi connectivity index (χ0) is 14.5. The third kappa shape index (κ3) is 3.39. The summed E-state index contributed by atoms with van der Waals surface area (Å²) in [5.41, 5.74) is 9.64. The molecule has 0 aliphatic rings. The van der Waals surface area contributed by atoms with Crippen molar-refractivity contribution in [3.8, 4) is 5.75 Å². The first-order valence-electron chi connectivity index (χ1n) is 7.15. The highest BCUT2D eigenvalue weighted by Gasteiger charge is 2.12. The summed E-state index contributed by atoms with van der Waals surface area (Å²) in [6.45, 7) is 7.62. The van der Waals surface area contributed by atoms with E-state index in [2.05, 4.69) is 18.1 Å². The fourth-order valence-corrected chi connectivity index (χ4v) is 2.38. The Morgan fingerprint density at radius 1 is 1.30 bits per heavy atom. The number of ether oxygens (including phenoxy) is 1. The highest BCUT2D eigenvalue weighted by Crippen LogP contribution is 2.21. The molecule has 0 radical (unpaired) electrons. The summed E-state index contributed by atoms with van der Waals surface area (Å²) in [5, 5.41) is 4.46. The molecule has 2 N–H and O–H groups in total. The van der Waals surface area contributed by atoms with E-state index >= 15 is 0 Å². The predicted molar refractivity (Wildman–Crippen MR) is 80.9 cm³/mol. The molecule has 1 aromatic heterocycles. The number of aryl methyl sites for hydroxylation is 2. The molecule has 4 heteroatoms. The quantitative estimate of drug-likeness (QED) is 0.880. The molecule has 0 spiro atoms. The second-order valence-electron chi connectivity index (χ2n) is 4.91. The van der Waals surface area contributed by atoms with Crippen LogP contribution in [-0.2, 0) is 13.0 Å². The number of aromatic nitrogens is 2. The zero-order valence-electron chi connectivity index (χ0n) is 12.5. The number of hydrogen-bond acceptors (Lipinski definition) is 3. The van der Waals surface area contributed by atoms with Gasteiger partial charge in [0, 0.05) is 24.7 Å². The second kappa shape index (κ2) is 6.57. The summed E-state index contributed by atoms with van der Waals surface area (Å²) >= 11 is 0. The summed E-state index contributed by atoms with van der Waals surface area (Å²) in [6.07, 6.45) is 0.782. The first-order valence-corrected chi connectivity index (χ1v) is 7.15. The van der Waals surface area contributed by atoms with E-state index in [0.29, 0.717) is 6.61 Å². The van der Waals surface area contributed by atoms with E-state index in [1.807, 2.05) is 42.8 Å². The van der Waals surface area contributed by atoms with Gasteiger partial charge in [0.25, 0.3) is 0 Å². The van der Waals surface area contributed by atoms with Crippen molar-refractivity contribution in [1.29, 1.82) is 0 Å². The zero-order valence-corrected chi connectivity index (χ0v) is 12.5. The molecule has 0 aliphatic carbocycles. The molecular formula is C16H23N3O. The van der Waals surface area contributed by atoms with Crippen molar-refractivity contribution in [1.82, 2.24) is 9.78 Å². The topological polar surface area (TPSA) is 53.1 Å². The molecular weight excluding hydrogens is 250 g/mol. The normalized spacial score (nSPS) is 12.4. The molecule has 0 saturated heterocycles. The number of hydrogen-bond donors (Lipinski definition) is 1. The lowest BCUT2D eigenvalue weighted by atomic mass is 10.0. The molecule has 0 bridgehead atoms. The van der Waals surface area contributed by atoms with Gasteiger partial charge in [-0.1, -0.05) is 12.1 Å². The molecule has 108 valence electrons. The van der Waals surface area contributed by atoms with Crippen molar-refractivity contribution in [2.45, 2.75) is 39.8 Å². The van der Waals surface area contributed by atoms with Gasteiger partial charge < -0.3 is 10.5 Å². The van der Waals surface area contributed by atoms with E-state index in [0.717, 1.165) is 30.0 Å². The third-order valence-electron chi connectivity index (χ3n) is 3.31. The van der Waals surface area contributed by atoms with Gasteiger partial charge in [-0.3, -0.25) is 4.68 Å². The maximum Gasteiger partial charge on any atom is 0.119 e. The summed E-state index contributed by atoms with van der Waals surface area (Å²) < 4.78 is 7.54. The summed E-state index contributed by atoms with van der Waals surface area (Å²) in [7, 11) is 0. The van der Waals surface area contributed by atoms with Gasteiger partial charge in [0.1, 0.15) is 5.75 Å². The van der Waals surface area contributed by atoms with Gasteiger partial charge in [0.15, 0.2) is 0 Å². The summed E-state index contributed by atoms with van der Waals surface area (Å²) in [5.74, 6) is 0.876. The minimum absolute atomic E-state index is 0.0446. The Morgan fingerprint density at radius 2 is 2.10 bits per heavy atom. The maximum atomic E-state index is 6.33. The van der Waals surface area contributed by atoms with Crippen LogP contribution in [0.15, 0.2) is 30.3 Å². The largest absolute Gasteiger partial charge is 0.494 e. The van der Waals surface area contributed by atoms with Crippen LogP contribution in [0.5, 0.6) is 5.75 Å². The van der Waals surface area contributed by atoms with Crippen molar-refractivity contribution >= 4 is 0 Å². The fraction of sp³-hybridized carbons (Fsp3) is 0.438. The molecule has 0 saturated carbocycles. The van der Waals surface area contributed by atoms with Crippen LogP contribution in [-0.4, -0.2) is 16.4 Å². The van der Waals surface area contributed by atoms with Crippen LogP contribution in [0.1, 0.15) is 36.8 Å². The molecule has 2 aromatic rings. The van der Waals surface area contributed by atoms with Crippen LogP contribution in [0, 0.1) is 6.92 Å². The van der Waals surface area contributed by atoms with Gasteiger partial charge in [0.05, 0.1) is 12.3 Å². The molecule has 1 unspecified atom stereocenters. The first-order chi connectivity index (χ1) is 9.63. The highest BCUT2D eigenvalue weighted by molar-refractivity contribution is 5.31. The van der Waals surface area contributed by atoms with Crippen LogP contribution in [0.2, 0.25) is 0 Å². The molecule has 0 amide bonds. The average Bonchev–Trinajstić information content (AvgIpc) is 2.79. The highest BCUT2D eigenvalue weighted by atomic mass is 16.5. The molecule has 1 heterocycles. The SMILES string of the molecule is CCOc1cccc(C(N)Cc2cc(C)nn2CC)c1. The predicted octanol–water partition coefficient (Wildman–Crippen LogP) is 2.85. The molecule has 2 rings (SSSR count). The number of nitrogens with two attached hydrogens (primary N) is 1. The lowest BCUT2D eigenvalue weighted by Crippen LogP contribution is -2.16. The Bertz CT molecular complexity index is 563. The van der Waals surface area contributed by atoms with Crippen LogP contribution in [0.25, 0.3) is 0 Å². The summed E-state index contributed by atoms with van der Waals surface area (Å²) in [4.78, 5) is 0. The minimum atomic E-state index is -0.0446. The van der Waals surface area contributed by atoms with Gasteiger partial charge in [-0.15, -0.1) is 0 Å². The maximum absolute atomic E-state index is 6.33. The van der Waals surface area contributed by atoms with Crippen LogP contribution in [0.4, 0.5) is 0 Å².